The van der Waals surface area contributed by atoms with E-state index in [0.29, 0.717) is 5.69 Å². The Hall–Kier alpha value is -1.75. The Morgan fingerprint density at radius 2 is 1.91 bits per heavy atom. The first-order valence-electron chi connectivity index (χ1n) is 7.71. The van der Waals surface area contributed by atoms with Crippen LogP contribution in [0.4, 0.5) is 0 Å². The molecule has 0 saturated carbocycles. The number of hydrogen-bond acceptors (Lipinski definition) is 3. The largest absolute Gasteiger partial charge is 0.480 e. The van der Waals surface area contributed by atoms with E-state index in [1.54, 1.807) is 4.57 Å². The number of thioether (sulfide) groups is 1. The number of benzene rings is 1. The maximum absolute atomic E-state index is 12.3. The van der Waals surface area contributed by atoms with E-state index in [9.17, 15) is 14.7 Å². The fraction of sp³-hybridized carbons (Fsp3) is 0.412. The zero-order chi connectivity index (χ0) is 15.3. The molecule has 0 radical (unpaired) electrons. The van der Waals surface area contributed by atoms with Crippen molar-refractivity contribution in [2.75, 3.05) is 5.75 Å². The number of carbonyl (C=O) groups excluding carboxylic acids is 1. The predicted molar refractivity (Wildman–Crippen MR) is 86.7 cm³/mol. The molecule has 0 unspecified atom stereocenters. The maximum atomic E-state index is 12.3. The number of carboxylic acids is 1. The van der Waals surface area contributed by atoms with Crippen molar-refractivity contribution in [2.24, 2.45) is 0 Å². The Labute approximate surface area is 132 Å². The van der Waals surface area contributed by atoms with E-state index in [2.05, 4.69) is 12.1 Å². The molecule has 1 N–H and O–H groups in total. The Bertz CT molecular complexity index is 806. The lowest BCUT2D eigenvalue weighted by Crippen LogP contribution is -2.17. The van der Waals surface area contributed by atoms with Crippen LogP contribution >= 0.6 is 11.8 Å². The first-order valence-corrected chi connectivity index (χ1v) is 8.69. The van der Waals surface area contributed by atoms with Gasteiger partial charge in [-0.2, -0.15) is 0 Å². The van der Waals surface area contributed by atoms with Crippen molar-refractivity contribution in [3.05, 3.63) is 34.5 Å². The smallest absolute Gasteiger partial charge is 0.323 e. The van der Waals surface area contributed by atoms with E-state index in [-0.39, 0.29) is 11.7 Å². The lowest BCUT2D eigenvalue weighted by atomic mass is 9.90. The normalized spacial score (nSPS) is 17.4. The molecule has 0 saturated heterocycles. The van der Waals surface area contributed by atoms with Crippen LogP contribution in [0.25, 0.3) is 10.9 Å². The lowest BCUT2D eigenvalue weighted by Gasteiger charge is -2.16. The number of rotatable bonds is 2. The Kier molecular flexibility index (Phi) is 3.26. The van der Waals surface area contributed by atoms with Crippen molar-refractivity contribution in [2.45, 2.75) is 38.6 Å². The van der Waals surface area contributed by atoms with Gasteiger partial charge < -0.3 is 9.67 Å². The fourth-order valence-corrected chi connectivity index (χ4v) is 4.61. The van der Waals surface area contributed by atoms with Crippen LogP contribution in [0, 0.1) is 0 Å². The zero-order valence-electron chi connectivity index (χ0n) is 12.2. The average molecular weight is 315 g/mol. The molecule has 2 aliphatic rings. The van der Waals surface area contributed by atoms with Crippen LogP contribution in [0.15, 0.2) is 12.1 Å². The van der Waals surface area contributed by atoms with Gasteiger partial charge in [-0.15, -0.1) is 0 Å². The molecule has 1 aromatic carbocycles. The summed E-state index contributed by atoms with van der Waals surface area (Å²) in [6.45, 7) is -0.142. The molecule has 0 atom stereocenters. The average Bonchev–Trinajstić information content (AvgIpc) is 2.80. The van der Waals surface area contributed by atoms with Gasteiger partial charge in [0.15, 0.2) is 0 Å². The summed E-state index contributed by atoms with van der Waals surface area (Å²) < 4.78 is 1.72. The molecular weight excluding hydrogens is 298 g/mol. The van der Waals surface area contributed by atoms with Crippen LogP contribution < -0.4 is 0 Å². The van der Waals surface area contributed by atoms with Crippen molar-refractivity contribution in [3.8, 4) is 0 Å². The van der Waals surface area contributed by atoms with Crippen molar-refractivity contribution in [1.82, 2.24) is 4.57 Å². The molecule has 4 rings (SSSR count). The third kappa shape index (κ3) is 2.07. The monoisotopic (exact) mass is 315 g/mol. The molecule has 4 nitrogen and oxygen atoms in total. The summed E-state index contributed by atoms with van der Waals surface area (Å²) in [6.07, 6.45) is 5.38. The molecule has 0 fully saturated rings. The van der Waals surface area contributed by atoms with Crippen LogP contribution in [-0.4, -0.2) is 26.5 Å². The van der Waals surface area contributed by atoms with Crippen LogP contribution in [0.5, 0.6) is 0 Å². The van der Waals surface area contributed by atoms with Gasteiger partial charge in [0.25, 0.3) is 0 Å². The number of fused-ring (bicyclic) bond motifs is 4. The van der Waals surface area contributed by atoms with Crippen molar-refractivity contribution in [3.63, 3.8) is 0 Å². The molecule has 1 aliphatic heterocycles. The van der Waals surface area contributed by atoms with Crippen molar-refractivity contribution < 1.29 is 14.7 Å². The van der Waals surface area contributed by atoms with E-state index in [1.807, 2.05) is 0 Å². The van der Waals surface area contributed by atoms with Gasteiger partial charge in [-0.25, -0.2) is 0 Å². The third-order valence-electron chi connectivity index (χ3n) is 4.70. The van der Waals surface area contributed by atoms with Gasteiger partial charge in [-0.05, 0) is 60.9 Å². The molecule has 22 heavy (non-hydrogen) atoms. The second-order valence-electron chi connectivity index (χ2n) is 6.04. The standard InChI is InChI=1S/C17H17NO3S/c19-15(20)9-18-14-8-11-4-2-1-3-10(11)7-13(14)12-5-6-22-17(21)16(12)18/h7-8H,1-6,9H2,(H,19,20). The number of aromatic nitrogens is 1. The van der Waals surface area contributed by atoms with Crippen LogP contribution in [0.3, 0.4) is 0 Å². The number of carbonyl (C=O) groups is 2. The van der Waals surface area contributed by atoms with Crippen molar-refractivity contribution in [1.29, 1.82) is 0 Å². The maximum Gasteiger partial charge on any atom is 0.323 e. The zero-order valence-corrected chi connectivity index (χ0v) is 13.0. The molecule has 5 heteroatoms. The summed E-state index contributed by atoms with van der Waals surface area (Å²) in [4.78, 5) is 23.6. The van der Waals surface area contributed by atoms with Gasteiger partial charge in [0, 0.05) is 16.7 Å². The van der Waals surface area contributed by atoms with E-state index in [4.69, 9.17) is 0 Å². The number of aliphatic carboxylic acids is 1. The molecule has 0 spiro atoms. The van der Waals surface area contributed by atoms with Gasteiger partial charge in [0.2, 0.25) is 5.12 Å². The number of aryl methyl sites for hydroxylation is 3. The summed E-state index contributed by atoms with van der Waals surface area (Å²) in [5, 5.41) is 10.3. The van der Waals surface area contributed by atoms with Crippen LogP contribution in [0.1, 0.15) is 40.0 Å². The minimum absolute atomic E-state index is 0.0108. The molecular formula is C17H17NO3S. The number of nitrogens with zero attached hydrogens (tertiary/aromatic N) is 1. The summed E-state index contributed by atoms with van der Waals surface area (Å²) in [5.41, 5.74) is 5.27. The minimum Gasteiger partial charge on any atom is -0.480 e. The van der Waals surface area contributed by atoms with Gasteiger partial charge in [0.05, 0.1) is 0 Å². The molecule has 1 aromatic heterocycles. The topological polar surface area (TPSA) is 59.3 Å². The third-order valence-corrected chi connectivity index (χ3v) is 5.57. The Morgan fingerprint density at radius 1 is 1.18 bits per heavy atom. The lowest BCUT2D eigenvalue weighted by molar-refractivity contribution is -0.137. The van der Waals surface area contributed by atoms with E-state index in [1.165, 1.54) is 35.7 Å². The Balaban J connectivity index is 2.03. The van der Waals surface area contributed by atoms with Gasteiger partial charge >= 0.3 is 5.97 Å². The first-order chi connectivity index (χ1) is 10.6. The highest BCUT2D eigenvalue weighted by molar-refractivity contribution is 8.14. The van der Waals surface area contributed by atoms with E-state index < -0.39 is 5.97 Å². The Morgan fingerprint density at radius 3 is 2.64 bits per heavy atom. The van der Waals surface area contributed by atoms with E-state index in [0.717, 1.165) is 41.5 Å². The molecule has 2 heterocycles. The highest BCUT2D eigenvalue weighted by Crippen LogP contribution is 2.36. The van der Waals surface area contributed by atoms with Gasteiger partial charge in [-0.1, -0.05) is 11.8 Å². The highest BCUT2D eigenvalue weighted by Gasteiger charge is 2.28. The van der Waals surface area contributed by atoms with Gasteiger partial charge in [-0.3, -0.25) is 9.59 Å². The summed E-state index contributed by atoms with van der Waals surface area (Å²) in [6, 6.07) is 4.34. The van der Waals surface area contributed by atoms with Crippen LogP contribution in [0.2, 0.25) is 0 Å². The molecule has 0 bridgehead atoms. The summed E-state index contributed by atoms with van der Waals surface area (Å²) in [7, 11) is 0. The second kappa shape index (κ2) is 5.16. The number of carboxylic acid groups (broad SMARTS) is 1. The molecule has 0 amide bonds. The van der Waals surface area contributed by atoms with Crippen molar-refractivity contribution >= 4 is 33.7 Å². The molecule has 114 valence electrons. The quantitative estimate of drug-likeness (QED) is 0.925. The summed E-state index contributed by atoms with van der Waals surface area (Å²) in [5.74, 6) is -0.115. The minimum atomic E-state index is -0.902. The molecule has 2 aromatic rings. The SMILES string of the molecule is O=C(O)Cn1c2c(c3cc4c(cc31)CCCC4)CCSC2=O. The fourth-order valence-electron chi connectivity index (χ4n) is 3.75. The highest BCUT2D eigenvalue weighted by atomic mass is 32.2. The van der Waals surface area contributed by atoms with Gasteiger partial charge in [0.1, 0.15) is 12.2 Å². The summed E-state index contributed by atoms with van der Waals surface area (Å²) >= 11 is 1.30. The molecule has 1 aliphatic carbocycles. The van der Waals surface area contributed by atoms with Crippen LogP contribution in [-0.2, 0) is 30.6 Å². The van der Waals surface area contributed by atoms with E-state index >= 15 is 0 Å². The first kappa shape index (κ1) is 13.9. The number of hydrogen-bond donors (Lipinski definition) is 1. The predicted octanol–water partition coefficient (Wildman–Crippen LogP) is 3.03. The second-order valence-corrected chi connectivity index (χ2v) is 7.11.